The highest BCUT2D eigenvalue weighted by Gasteiger charge is 2.35. The van der Waals surface area contributed by atoms with Crippen LogP contribution < -0.4 is 5.73 Å². The summed E-state index contributed by atoms with van der Waals surface area (Å²) in [6.45, 7) is 2.00. The van der Waals surface area contributed by atoms with E-state index in [0.29, 0.717) is 6.42 Å². The van der Waals surface area contributed by atoms with Crippen LogP contribution in [0, 0.1) is 12.8 Å². The largest absolute Gasteiger partial charge is 0.481 e. The fourth-order valence-corrected chi connectivity index (χ4v) is 2.12. The van der Waals surface area contributed by atoms with Gasteiger partial charge in [0.1, 0.15) is 0 Å². The van der Waals surface area contributed by atoms with Crippen LogP contribution in [-0.4, -0.2) is 11.1 Å². The Morgan fingerprint density at radius 1 is 1.57 bits per heavy atom. The summed E-state index contributed by atoms with van der Waals surface area (Å²) >= 11 is 0. The van der Waals surface area contributed by atoms with Crippen molar-refractivity contribution in [1.29, 1.82) is 0 Å². The lowest BCUT2D eigenvalue weighted by molar-refractivity contribution is -0.142. The number of rotatable bonds is 1. The number of carboxylic acid groups (broad SMARTS) is 1. The topological polar surface area (TPSA) is 63.3 Å². The molecule has 0 spiro atoms. The van der Waals surface area contributed by atoms with Crippen LogP contribution in [0.25, 0.3) is 0 Å². The van der Waals surface area contributed by atoms with Gasteiger partial charge in [-0.25, -0.2) is 0 Å². The summed E-state index contributed by atoms with van der Waals surface area (Å²) < 4.78 is 0. The van der Waals surface area contributed by atoms with Gasteiger partial charge in [-0.05, 0) is 30.0 Å². The van der Waals surface area contributed by atoms with Crippen LogP contribution in [-0.2, 0) is 11.2 Å². The molecule has 0 amide bonds. The van der Waals surface area contributed by atoms with Gasteiger partial charge in [-0.2, -0.15) is 0 Å². The van der Waals surface area contributed by atoms with Crippen LogP contribution in [0.1, 0.15) is 22.7 Å². The summed E-state index contributed by atoms with van der Waals surface area (Å²) in [6.07, 6.45) is 0.568. The molecule has 0 fully saturated rings. The molecule has 1 aromatic carbocycles. The van der Waals surface area contributed by atoms with Crippen molar-refractivity contribution in [3.8, 4) is 0 Å². The molecule has 0 radical (unpaired) electrons. The maximum Gasteiger partial charge on any atom is 0.308 e. The third kappa shape index (κ3) is 1.21. The highest BCUT2D eigenvalue weighted by molar-refractivity contribution is 5.73. The lowest BCUT2D eigenvalue weighted by Crippen LogP contribution is -2.24. The van der Waals surface area contributed by atoms with Crippen molar-refractivity contribution in [2.75, 3.05) is 0 Å². The number of hydrogen-bond acceptors (Lipinski definition) is 2. The minimum atomic E-state index is -0.798. The van der Waals surface area contributed by atoms with Crippen molar-refractivity contribution in [2.45, 2.75) is 19.4 Å². The van der Waals surface area contributed by atoms with Crippen LogP contribution in [0.5, 0.6) is 0 Å². The van der Waals surface area contributed by atoms with Crippen LogP contribution in [0.4, 0.5) is 0 Å². The van der Waals surface area contributed by atoms with E-state index in [1.54, 1.807) is 0 Å². The van der Waals surface area contributed by atoms with Crippen molar-refractivity contribution >= 4 is 5.97 Å². The molecule has 0 saturated carbocycles. The van der Waals surface area contributed by atoms with Gasteiger partial charge >= 0.3 is 5.97 Å². The van der Waals surface area contributed by atoms with E-state index in [0.717, 1.165) is 16.7 Å². The molecule has 1 aliphatic carbocycles. The fraction of sp³-hybridized carbons (Fsp3) is 0.364. The molecule has 0 bridgehead atoms. The minimum Gasteiger partial charge on any atom is -0.481 e. The average molecular weight is 191 g/mol. The Labute approximate surface area is 82.5 Å². The highest BCUT2D eigenvalue weighted by atomic mass is 16.4. The van der Waals surface area contributed by atoms with Crippen molar-refractivity contribution in [3.63, 3.8) is 0 Å². The van der Waals surface area contributed by atoms with Crippen molar-refractivity contribution in [1.82, 2.24) is 0 Å². The molecule has 2 unspecified atom stereocenters. The Morgan fingerprint density at radius 2 is 2.29 bits per heavy atom. The Hall–Kier alpha value is -1.35. The van der Waals surface area contributed by atoms with Gasteiger partial charge in [-0.3, -0.25) is 4.79 Å². The molecule has 2 atom stereocenters. The first-order chi connectivity index (χ1) is 6.61. The molecule has 14 heavy (non-hydrogen) atoms. The van der Waals surface area contributed by atoms with E-state index in [4.69, 9.17) is 10.8 Å². The zero-order valence-corrected chi connectivity index (χ0v) is 8.03. The van der Waals surface area contributed by atoms with E-state index in [9.17, 15) is 4.79 Å². The maximum absolute atomic E-state index is 10.9. The molecule has 3 nitrogen and oxygen atoms in total. The molecule has 3 N–H and O–H groups in total. The minimum absolute atomic E-state index is 0.345. The Morgan fingerprint density at radius 3 is 2.86 bits per heavy atom. The molecule has 1 aromatic rings. The molecule has 74 valence electrons. The van der Waals surface area contributed by atoms with Crippen LogP contribution in [0.2, 0.25) is 0 Å². The third-order valence-electron chi connectivity index (χ3n) is 2.98. The molecular weight excluding hydrogens is 178 g/mol. The fourth-order valence-electron chi connectivity index (χ4n) is 2.12. The number of nitrogens with two attached hydrogens (primary N) is 1. The van der Waals surface area contributed by atoms with E-state index in [2.05, 4.69) is 0 Å². The Balaban J connectivity index is 2.45. The van der Waals surface area contributed by atoms with Gasteiger partial charge < -0.3 is 10.8 Å². The van der Waals surface area contributed by atoms with E-state index >= 15 is 0 Å². The van der Waals surface area contributed by atoms with Crippen LogP contribution >= 0.6 is 0 Å². The summed E-state index contributed by atoms with van der Waals surface area (Å²) in [4.78, 5) is 10.9. The van der Waals surface area contributed by atoms with E-state index in [-0.39, 0.29) is 6.04 Å². The first-order valence-corrected chi connectivity index (χ1v) is 4.68. The molecule has 0 aliphatic heterocycles. The SMILES string of the molecule is Cc1cccc2c1CC(C(=O)O)C2N. The van der Waals surface area contributed by atoms with Crippen LogP contribution in [0.3, 0.4) is 0 Å². The molecule has 0 heterocycles. The average Bonchev–Trinajstić information content (AvgIpc) is 2.46. The Bertz CT molecular complexity index is 387. The van der Waals surface area contributed by atoms with Crippen molar-refractivity contribution < 1.29 is 9.90 Å². The van der Waals surface area contributed by atoms with Gasteiger partial charge in [0.15, 0.2) is 0 Å². The quantitative estimate of drug-likeness (QED) is 0.702. The standard InChI is InChI=1S/C11H13NO2/c1-6-3-2-4-7-8(6)5-9(10(7)12)11(13)14/h2-4,9-10H,5,12H2,1H3,(H,13,14). The first-order valence-electron chi connectivity index (χ1n) is 4.68. The van der Waals surface area contributed by atoms with E-state index < -0.39 is 11.9 Å². The lowest BCUT2D eigenvalue weighted by atomic mass is 10.0. The smallest absolute Gasteiger partial charge is 0.308 e. The van der Waals surface area contributed by atoms with Gasteiger partial charge in [0.05, 0.1) is 5.92 Å². The lowest BCUT2D eigenvalue weighted by Gasteiger charge is -2.10. The number of carbonyl (C=O) groups is 1. The van der Waals surface area contributed by atoms with Gasteiger partial charge in [-0.1, -0.05) is 18.2 Å². The summed E-state index contributed by atoms with van der Waals surface area (Å²) in [7, 11) is 0. The number of hydrogen-bond donors (Lipinski definition) is 2. The second kappa shape index (κ2) is 3.10. The molecule has 3 heteroatoms. The third-order valence-corrected chi connectivity index (χ3v) is 2.98. The highest BCUT2D eigenvalue weighted by Crippen LogP contribution is 2.35. The van der Waals surface area contributed by atoms with Gasteiger partial charge in [0.2, 0.25) is 0 Å². The van der Waals surface area contributed by atoms with Gasteiger partial charge in [-0.15, -0.1) is 0 Å². The summed E-state index contributed by atoms with van der Waals surface area (Å²) in [5.74, 6) is -1.25. The maximum atomic E-state index is 10.9. The van der Waals surface area contributed by atoms with Gasteiger partial charge in [0, 0.05) is 6.04 Å². The zero-order valence-electron chi connectivity index (χ0n) is 8.03. The first kappa shape index (κ1) is 9.21. The zero-order chi connectivity index (χ0) is 10.3. The number of benzene rings is 1. The van der Waals surface area contributed by atoms with Crippen molar-refractivity contribution in [3.05, 3.63) is 34.9 Å². The van der Waals surface area contributed by atoms with Gasteiger partial charge in [0.25, 0.3) is 0 Å². The van der Waals surface area contributed by atoms with E-state index in [1.807, 2.05) is 25.1 Å². The van der Waals surface area contributed by atoms with Crippen molar-refractivity contribution in [2.24, 2.45) is 11.7 Å². The number of fused-ring (bicyclic) bond motifs is 1. The van der Waals surface area contributed by atoms with Crippen LogP contribution in [0.15, 0.2) is 18.2 Å². The summed E-state index contributed by atoms with van der Waals surface area (Å²) in [5, 5.41) is 8.97. The monoisotopic (exact) mass is 191 g/mol. The summed E-state index contributed by atoms with van der Waals surface area (Å²) in [5.41, 5.74) is 9.14. The molecule has 0 aromatic heterocycles. The molecular formula is C11H13NO2. The Kier molecular flexibility index (Phi) is 2.04. The number of aliphatic carboxylic acids is 1. The predicted octanol–water partition coefficient (Wildman–Crippen LogP) is 1.25. The molecule has 0 saturated heterocycles. The molecule has 1 aliphatic rings. The second-order valence-electron chi connectivity index (χ2n) is 3.82. The van der Waals surface area contributed by atoms with E-state index in [1.165, 1.54) is 0 Å². The predicted molar refractivity (Wildman–Crippen MR) is 52.9 cm³/mol. The number of aryl methyl sites for hydroxylation is 1. The molecule has 2 rings (SSSR count). The number of carboxylic acids is 1. The second-order valence-corrected chi connectivity index (χ2v) is 3.82. The normalized spacial score (nSPS) is 24.7. The summed E-state index contributed by atoms with van der Waals surface area (Å²) in [6, 6.07) is 5.51.